The van der Waals surface area contributed by atoms with Gasteiger partial charge >= 0.3 is 0 Å². The van der Waals surface area contributed by atoms with Crippen molar-refractivity contribution in [1.82, 2.24) is 5.32 Å². The Hall–Kier alpha value is -1.63. The molecular weight excluding hydrogens is 306 g/mol. The number of amides is 2. The number of anilines is 2. The summed E-state index contributed by atoms with van der Waals surface area (Å²) in [5.74, 6) is -0.440. The van der Waals surface area contributed by atoms with Gasteiger partial charge in [-0.15, -0.1) is 12.4 Å². The molecule has 0 aliphatic heterocycles. The van der Waals surface area contributed by atoms with Crippen molar-refractivity contribution in [3.8, 4) is 0 Å². The second kappa shape index (κ2) is 10.2. The Bertz CT molecular complexity index is 497. The van der Waals surface area contributed by atoms with E-state index in [0.29, 0.717) is 17.9 Å². The first-order valence-corrected chi connectivity index (χ1v) is 6.87. The third-order valence-corrected chi connectivity index (χ3v) is 3.08. The number of halogens is 1. The van der Waals surface area contributed by atoms with Crippen molar-refractivity contribution in [3.63, 3.8) is 0 Å². The van der Waals surface area contributed by atoms with E-state index in [-0.39, 0.29) is 30.1 Å². The maximum atomic E-state index is 11.9. The van der Waals surface area contributed by atoms with Crippen molar-refractivity contribution in [1.29, 1.82) is 0 Å². The van der Waals surface area contributed by atoms with Crippen molar-refractivity contribution in [3.05, 3.63) is 24.3 Å². The minimum atomic E-state index is -0.529. The van der Waals surface area contributed by atoms with Crippen molar-refractivity contribution < 1.29 is 14.3 Å². The summed E-state index contributed by atoms with van der Waals surface area (Å²) in [6.07, 6.45) is -0.529. The molecule has 0 aliphatic rings. The summed E-state index contributed by atoms with van der Waals surface area (Å²) in [4.78, 5) is 23.7. The zero-order valence-corrected chi connectivity index (χ0v) is 14.1. The van der Waals surface area contributed by atoms with E-state index in [2.05, 4.69) is 16.0 Å². The summed E-state index contributed by atoms with van der Waals surface area (Å²) in [6.45, 7) is 4.12. The van der Waals surface area contributed by atoms with Gasteiger partial charge in [0.25, 0.3) is 5.91 Å². The quantitative estimate of drug-likeness (QED) is 0.713. The van der Waals surface area contributed by atoms with Gasteiger partial charge in [0.2, 0.25) is 5.91 Å². The summed E-state index contributed by atoms with van der Waals surface area (Å²) >= 11 is 0. The number of carbonyl (C=O) groups excluding carboxylic acids is 2. The highest BCUT2D eigenvalue weighted by atomic mass is 35.5. The van der Waals surface area contributed by atoms with Crippen LogP contribution in [0.3, 0.4) is 0 Å². The van der Waals surface area contributed by atoms with Gasteiger partial charge in [0.05, 0.1) is 0 Å². The van der Waals surface area contributed by atoms with E-state index in [1.165, 1.54) is 7.11 Å². The molecule has 6 nitrogen and oxygen atoms in total. The van der Waals surface area contributed by atoms with E-state index in [0.717, 1.165) is 0 Å². The Balaban J connectivity index is 0.00000441. The summed E-state index contributed by atoms with van der Waals surface area (Å²) in [6, 6.07) is 7.02. The van der Waals surface area contributed by atoms with E-state index in [1.807, 2.05) is 6.92 Å². The van der Waals surface area contributed by atoms with Gasteiger partial charge in [-0.05, 0) is 32.2 Å². The van der Waals surface area contributed by atoms with Crippen LogP contribution >= 0.6 is 12.4 Å². The largest absolute Gasteiger partial charge is 0.372 e. The van der Waals surface area contributed by atoms with Crippen molar-refractivity contribution >= 4 is 35.6 Å². The van der Waals surface area contributed by atoms with Gasteiger partial charge in [0.1, 0.15) is 6.10 Å². The van der Waals surface area contributed by atoms with Crippen LogP contribution in [0.25, 0.3) is 0 Å². The molecule has 0 aliphatic carbocycles. The zero-order valence-electron chi connectivity index (χ0n) is 13.3. The number of nitrogens with one attached hydrogen (secondary N) is 3. The molecule has 0 saturated heterocycles. The monoisotopic (exact) mass is 329 g/mol. The van der Waals surface area contributed by atoms with E-state index in [9.17, 15) is 9.59 Å². The highest BCUT2D eigenvalue weighted by Gasteiger charge is 2.14. The molecule has 0 radical (unpaired) electrons. The number of carbonyl (C=O) groups is 2. The second-order valence-electron chi connectivity index (χ2n) is 4.90. The number of rotatable bonds is 7. The number of ether oxygens (including phenoxy) is 1. The van der Waals surface area contributed by atoms with Crippen LogP contribution in [0.1, 0.15) is 13.8 Å². The van der Waals surface area contributed by atoms with Gasteiger partial charge in [0.15, 0.2) is 0 Å². The summed E-state index contributed by atoms with van der Waals surface area (Å²) in [5.41, 5.74) is 1.26. The van der Waals surface area contributed by atoms with Gasteiger partial charge < -0.3 is 20.7 Å². The normalized spacial score (nSPS) is 12.7. The second-order valence-corrected chi connectivity index (χ2v) is 4.90. The third kappa shape index (κ3) is 6.43. The molecule has 0 spiro atoms. The molecule has 22 heavy (non-hydrogen) atoms. The van der Waals surface area contributed by atoms with Crippen LogP contribution in [0.5, 0.6) is 0 Å². The molecule has 2 amide bonds. The fourth-order valence-electron chi connectivity index (χ4n) is 1.69. The summed E-state index contributed by atoms with van der Waals surface area (Å²) in [7, 11) is 3.28. The van der Waals surface area contributed by atoms with Crippen LogP contribution in [0.15, 0.2) is 24.3 Å². The number of methoxy groups -OCH3 is 1. The Labute approximate surface area is 137 Å². The molecule has 124 valence electrons. The van der Waals surface area contributed by atoms with Crippen LogP contribution in [-0.4, -0.2) is 38.6 Å². The molecule has 0 saturated carbocycles. The van der Waals surface area contributed by atoms with Crippen LogP contribution in [0.2, 0.25) is 0 Å². The Morgan fingerprint density at radius 3 is 2.18 bits per heavy atom. The average molecular weight is 330 g/mol. The molecule has 1 aromatic rings. The van der Waals surface area contributed by atoms with E-state index in [4.69, 9.17) is 4.74 Å². The maximum absolute atomic E-state index is 11.9. The van der Waals surface area contributed by atoms with E-state index < -0.39 is 6.10 Å². The predicted octanol–water partition coefficient (Wildman–Crippen LogP) is 1.88. The van der Waals surface area contributed by atoms with Crippen molar-refractivity contribution in [2.24, 2.45) is 5.92 Å². The van der Waals surface area contributed by atoms with Crippen LogP contribution in [0.4, 0.5) is 11.4 Å². The Morgan fingerprint density at radius 1 is 1.14 bits per heavy atom. The molecular formula is C15H24ClN3O3. The standard InChI is InChI=1S/C15H23N3O3.ClH/c1-10(9-16-3)14(19)17-12-6-5-7-13(8-12)18-15(20)11(2)21-4;/h5-8,10-11,16H,9H2,1-4H3,(H,17,19)(H,18,20);1H. The first-order valence-electron chi connectivity index (χ1n) is 6.87. The lowest BCUT2D eigenvalue weighted by Gasteiger charge is -2.14. The average Bonchev–Trinajstić information content (AvgIpc) is 2.46. The van der Waals surface area contributed by atoms with Gasteiger partial charge in [0, 0.05) is 30.9 Å². The third-order valence-electron chi connectivity index (χ3n) is 3.08. The SMILES string of the molecule is CNCC(C)C(=O)Nc1cccc(NC(=O)C(C)OC)c1.Cl. The fraction of sp³-hybridized carbons (Fsp3) is 0.467. The molecule has 1 rings (SSSR count). The van der Waals surface area contributed by atoms with Crippen molar-refractivity contribution in [2.45, 2.75) is 20.0 Å². The highest BCUT2D eigenvalue weighted by molar-refractivity contribution is 5.96. The van der Waals surface area contributed by atoms with E-state index in [1.54, 1.807) is 38.2 Å². The number of benzene rings is 1. The predicted molar refractivity (Wildman–Crippen MR) is 90.5 cm³/mol. The van der Waals surface area contributed by atoms with Crippen molar-refractivity contribution in [2.75, 3.05) is 31.3 Å². The van der Waals surface area contributed by atoms with E-state index >= 15 is 0 Å². The van der Waals surface area contributed by atoms with Gasteiger partial charge in [-0.2, -0.15) is 0 Å². The minimum Gasteiger partial charge on any atom is -0.372 e. The summed E-state index contributed by atoms with van der Waals surface area (Å²) < 4.78 is 4.95. The highest BCUT2D eigenvalue weighted by Crippen LogP contribution is 2.16. The molecule has 0 fully saturated rings. The first kappa shape index (κ1) is 20.4. The number of hydrogen-bond acceptors (Lipinski definition) is 4. The lowest BCUT2D eigenvalue weighted by Crippen LogP contribution is -2.29. The lowest BCUT2D eigenvalue weighted by molar-refractivity contribution is -0.124. The van der Waals surface area contributed by atoms with Gasteiger partial charge in [-0.3, -0.25) is 9.59 Å². The maximum Gasteiger partial charge on any atom is 0.253 e. The molecule has 0 heterocycles. The van der Waals surface area contributed by atoms with Gasteiger partial charge in [-0.1, -0.05) is 13.0 Å². The molecule has 0 aromatic heterocycles. The van der Waals surface area contributed by atoms with Crippen LogP contribution < -0.4 is 16.0 Å². The zero-order chi connectivity index (χ0) is 15.8. The number of hydrogen-bond donors (Lipinski definition) is 3. The molecule has 3 N–H and O–H groups in total. The van der Waals surface area contributed by atoms with Crippen LogP contribution in [0, 0.1) is 5.92 Å². The molecule has 2 atom stereocenters. The first-order chi connectivity index (χ1) is 9.97. The Morgan fingerprint density at radius 2 is 1.68 bits per heavy atom. The minimum absolute atomic E-state index is 0. The molecule has 1 aromatic carbocycles. The summed E-state index contributed by atoms with van der Waals surface area (Å²) in [5, 5.41) is 8.51. The Kier molecular flexibility index (Phi) is 9.40. The lowest BCUT2D eigenvalue weighted by atomic mass is 10.1. The smallest absolute Gasteiger partial charge is 0.253 e. The molecule has 0 bridgehead atoms. The molecule has 2 unspecified atom stereocenters. The van der Waals surface area contributed by atoms with Crippen LogP contribution in [-0.2, 0) is 14.3 Å². The van der Waals surface area contributed by atoms with Gasteiger partial charge in [-0.25, -0.2) is 0 Å². The topological polar surface area (TPSA) is 79.5 Å². The fourth-order valence-corrected chi connectivity index (χ4v) is 1.69. The molecule has 7 heteroatoms.